The summed E-state index contributed by atoms with van der Waals surface area (Å²) in [5, 5.41) is 6.38. The lowest BCUT2D eigenvalue weighted by Gasteiger charge is -2.29. The number of rotatable bonds is 6. The Hall–Kier alpha value is -1.92. The van der Waals surface area contributed by atoms with Crippen molar-refractivity contribution in [2.75, 3.05) is 19.7 Å². The lowest BCUT2D eigenvalue weighted by atomic mass is 9.93. The van der Waals surface area contributed by atoms with E-state index in [2.05, 4.69) is 10.3 Å². The zero-order valence-corrected chi connectivity index (χ0v) is 15.0. The highest BCUT2D eigenvalue weighted by Gasteiger charge is 2.57. The number of benzene rings is 1. The number of nitrogens with zero attached hydrogens (tertiary/aromatic N) is 2. The maximum absolute atomic E-state index is 12.9. The molecule has 1 aliphatic heterocycles. The minimum Gasteiger partial charge on any atom is -0.484 e. The molecule has 2 aromatic rings. The first-order valence-corrected chi connectivity index (χ1v) is 9.71. The van der Waals surface area contributed by atoms with E-state index in [-0.39, 0.29) is 12.5 Å². The van der Waals surface area contributed by atoms with E-state index in [1.54, 1.807) is 17.5 Å². The fraction of sp³-hybridized carbons (Fsp3) is 0.474. The van der Waals surface area contributed by atoms with Crippen LogP contribution in [0, 0.1) is 5.41 Å². The molecule has 2 heterocycles. The number of piperidine rings is 1. The van der Waals surface area contributed by atoms with Crippen LogP contribution < -0.4 is 10.1 Å². The number of hydrogen-bond donors (Lipinski definition) is 1. The second-order valence-electron chi connectivity index (χ2n) is 6.88. The molecule has 2 fully saturated rings. The first-order valence-electron chi connectivity index (χ1n) is 8.83. The molecule has 1 atom stereocenters. The van der Waals surface area contributed by atoms with E-state index in [0.29, 0.717) is 18.0 Å². The summed E-state index contributed by atoms with van der Waals surface area (Å²) in [5.74, 6) is 0.789. The second-order valence-corrected chi connectivity index (χ2v) is 7.86. The number of amides is 1. The van der Waals surface area contributed by atoms with Crippen LogP contribution in [0.2, 0.25) is 0 Å². The summed E-state index contributed by atoms with van der Waals surface area (Å²) >= 11 is 1.61. The normalized spacial score (nSPS) is 21.0. The van der Waals surface area contributed by atoms with Gasteiger partial charge in [-0.3, -0.25) is 4.79 Å². The molecule has 1 saturated carbocycles. The van der Waals surface area contributed by atoms with Crippen LogP contribution in [0.15, 0.2) is 41.9 Å². The van der Waals surface area contributed by atoms with E-state index in [4.69, 9.17) is 4.74 Å². The Morgan fingerprint density at radius 3 is 2.84 bits per heavy atom. The summed E-state index contributed by atoms with van der Waals surface area (Å²) < 4.78 is 5.70. The number of thiazole rings is 1. The Bertz CT molecular complexity index is 699. The highest BCUT2D eigenvalue weighted by atomic mass is 32.1. The van der Waals surface area contributed by atoms with Crippen molar-refractivity contribution >= 4 is 17.2 Å². The van der Waals surface area contributed by atoms with Gasteiger partial charge in [0.1, 0.15) is 10.8 Å². The van der Waals surface area contributed by atoms with Crippen molar-refractivity contribution in [1.82, 2.24) is 15.2 Å². The van der Waals surface area contributed by atoms with Gasteiger partial charge in [-0.1, -0.05) is 18.2 Å². The van der Waals surface area contributed by atoms with Crippen LogP contribution in [0.3, 0.4) is 0 Å². The van der Waals surface area contributed by atoms with Gasteiger partial charge in [0.15, 0.2) is 6.61 Å². The Labute approximate surface area is 152 Å². The third-order valence-corrected chi connectivity index (χ3v) is 6.10. The van der Waals surface area contributed by atoms with Gasteiger partial charge in [-0.2, -0.15) is 0 Å². The van der Waals surface area contributed by atoms with E-state index in [9.17, 15) is 4.79 Å². The molecule has 1 aromatic heterocycles. The average molecular weight is 357 g/mol. The lowest BCUT2D eigenvalue weighted by molar-refractivity contribution is -0.135. The van der Waals surface area contributed by atoms with Crippen LogP contribution in [0.5, 0.6) is 5.75 Å². The molecule has 132 valence electrons. The molecule has 0 bridgehead atoms. The van der Waals surface area contributed by atoms with Crippen molar-refractivity contribution in [2.45, 2.75) is 31.8 Å². The molecule has 6 heteroatoms. The van der Waals surface area contributed by atoms with Gasteiger partial charge >= 0.3 is 0 Å². The molecular weight excluding hydrogens is 334 g/mol. The van der Waals surface area contributed by atoms with Crippen LogP contribution in [0.4, 0.5) is 0 Å². The van der Waals surface area contributed by atoms with Crippen molar-refractivity contribution in [1.29, 1.82) is 0 Å². The van der Waals surface area contributed by atoms with E-state index < -0.39 is 0 Å². The molecule has 1 spiro atoms. The number of carbonyl (C=O) groups is 1. The van der Waals surface area contributed by atoms with Crippen LogP contribution in [-0.2, 0) is 11.3 Å². The number of hydrogen-bond acceptors (Lipinski definition) is 5. The maximum atomic E-state index is 12.9. The monoisotopic (exact) mass is 357 g/mol. The largest absolute Gasteiger partial charge is 0.484 e. The van der Waals surface area contributed by atoms with Gasteiger partial charge in [-0.05, 0) is 49.9 Å². The van der Waals surface area contributed by atoms with Crippen molar-refractivity contribution < 1.29 is 9.53 Å². The summed E-state index contributed by atoms with van der Waals surface area (Å²) in [7, 11) is 0. The first kappa shape index (κ1) is 16.5. The molecular formula is C19H23N3O2S. The van der Waals surface area contributed by atoms with E-state index >= 15 is 0 Å². The molecule has 1 N–H and O–H groups in total. The van der Waals surface area contributed by atoms with Gasteiger partial charge in [0.05, 0.1) is 6.54 Å². The predicted octanol–water partition coefficient (Wildman–Crippen LogP) is 2.69. The molecule has 1 aromatic carbocycles. The molecule has 0 radical (unpaired) electrons. The molecule has 4 rings (SSSR count). The van der Waals surface area contributed by atoms with E-state index in [0.717, 1.165) is 43.1 Å². The number of aromatic nitrogens is 1. The number of para-hydroxylation sites is 1. The first-order chi connectivity index (χ1) is 12.3. The maximum Gasteiger partial charge on any atom is 0.261 e. The topological polar surface area (TPSA) is 54.5 Å². The summed E-state index contributed by atoms with van der Waals surface area (Å²) in [6, 6.07) is 9.85. The fourth-order valence-corrected chi connectivity index (χ4v) is 4.44. The van der Waals surface area contributed by atoms with Gasteiger partial charge in [0.2, 0.25) is 0 Å². The van der Waals surface area contributed by atoms with Crippen LogP contribution in [-0.4, -0.2) is 41.5 Å². The zero-order chi connectivity index (χ0) is 17.1. The highest BCUT2D eigenvalue weighted by molar-refractivity contribution is 7.09. The summed E-state index contributed by atoms with van der Waals surface area (Å²) in [6.07, 6.45) is 5.21. The number of ether oxygens (including phenoxy) is 1. The number of carbonyl (C=O) groups excluding carboxylic acids is 1. The third-order valence-electron chi connectivity index (χ3n) is 5.34. The molecule has 25 heavy (non-hydrogen) atoms. The summed E-state index contributed by atoms with van der Waals surface area (Å²) in [6.45, 7) is 2.78. The van der Waals surface area contributed by atoms with Crippen molar-refractivity contribution in [2.24, 2.45) is 5.41 Å². The molecule has 1 saturated heterocycles. The Kier molecular flexibility index (Phi) is 4.72. The Morgan fingerprint density at radius 1 is 1.32 bits per heavy atom. The zero-order valence-electron chi connectivity index (χ0n) is 14.2. The van der Waals surface area contributed by atoms with Crippen molar-refractivity contribution in [3.63, 3.8) is 0 Å². The minimum absolute atomic E-state index is 0.0551. The van der Waals surface area contributed by atoms with Crippen molar-refractivity contribution in [3.8, 4) is 5.75 Å². The van der Waals surface area contributed by atoms with Gasteiger partial charge in [-0.15, -0.1) is 11.3 Å². The summed E-state index contributed by atoms with van der Waals surface area (Å²) in [4.78, 5) is 19.3. The summed E-state index contributed by atoms with van der Waals surface area (Å²) in [5.41, 5.74) is 0.310. The Morgan fingerprint density at radius 2 is 2.12 bits per heavy atom. The minimum atomic E-state index is 0.0551. The highest BCUT2D eigenvalue weighted by Crippen LogP contribution is 2.56. The van der Waals surface area contributed by atoms with Crippen LogP contribution in [0.25, 0.3) is 0 Å². The van der Waals surface area contributed by atoms with Gasteiger partial charge in [0.25, 0.3) is 5.91 Å². The average Bonchev–Trinajstić information content (AvgIpc) is 3.08. The van der Waals surface area contributed by atoms with Gasteiger partial charge < -0.3 is 15.0 Å². The fourth-order valence-electron chi connectivity index (χ4n) is 3.82. The van der Waals surface area contributed by atoms with Crippen LogP contribution in [0.1, 0.15) is 24.3 Å². The molecule has 2 aliphatic rings. The van der Waals surface area contributed by atoms with Gasteiger partial charge in [0, 0.05) is 17.6 Å². The van der Waals surface area contributed by atoms with E-state index in [1.165, 1.54) is 0 Å². The van der Waals surface area contributed by atoms with Crippen molar-refractivity contribution in [3.05, 3.63) is 46.9 Å². The standard InChI is InChI=1S/C19H23N3O2S/c23-18(14-24-15-4-2-1-3-5-15)22(13-17-21-10-11-25-17)16-12-19(16)6-8-20-9-7-19/h1-5,10-11,16,20H,6-9,12-14H2/t16-/m0/s1. The number of nitrogens with one attached hydrogen (secondary N) is 1. The SMILES string of the molecule is O=C(COc1ccccc1)N(Cc1nccs1)[C@H]1CC12CCNCC2. The molecule has 1 amide bonds. The third kappa shape index (κ3) is 3.70. The molecule has 5 nitrogen and oxygen atoms in total. The van der Waals surface area contributed by atoms with E-state index in [1.807, 2.05) is 40.6 Å². The second kappa shape index (κ2) is 7.14. The smallest absolute Gasteiger partial charge is 0.261 e. The van der Waals surface area contributed by atoms with Gasteiger partial charge in [-0.25, -0.2) is 4.98 Å². The molecule has 1 aliphatic carbocycles. The Balaban J connectivity index is 1.44. The lowest BCUT2D eigenvalue weighted by Crippen LogP contribution is -2.41. The predicted molar refractivity (Wildman–Crippen MR) is 97.5 cm³/mol. The van der Waals surface area contributed by atoms with Crippen LogP contribution >= 0.6 is 11.3 Å². The quantitative estimate of drug-likeness (QED) is 0.864. The molecule has 0 unspecified atom stereocenters.